The molecule has 6 heteroatoms. The highest BCUT2D eigenvalue weighted by Crippen LogP contribution is 2.16. The summed E-state index contributed by atoms with van der Waals surface area (Å²) in [5.74, 6) is 2.25. The molecule has 0 saturated heterocycles. The third kappa shape index (κ3) is 6.67. The predicted octanol–water partition coefficient (Wildman–Crippen LogP) is 3.70. The molecule has 0 radical (unpaired) electrons. The lowest BCUT2D eigenvalue weighted by molar-refractivity contribution is 0.271. The van der Waals surface area contributed by atoms with Crippen LogP contribution in [0.1, 0.15) is 35.0 Å². The molecule has 1 aromatic carbocycles. The minimum absolute atomic E-state index is 0.531. The van der Waals surface area contributed by atoms with Crippen molar-refractivity contribution in [2.45, 2.75) is 40.7 Å². The van der Waals surface area contributed by atoms with Crippen molar-refractivity contribution in [2.24, 2.45) is 10.9 Å². The van der Waals surface area contributed by atoms with Crippen LogP contribution in [0.15, 0.2) is 29.3 Å². The average Bonchev–Trinajstić information content (AvgIpc) is 2.94. The van der Waals surface area contributed by atoms with E-state index in [0.717, 1.165) is 43.5 Å². The first kappa shape index (κ1) is 20.2. The third-order valence-corrected chi connectivity index (χ3v) is 5.03. The molecule has 2 aromatic rings. The van der Waals surface area contributed by atoms with Crippen molar-refractivity contribution in [3.8, 4) is 5.75 Å². The number of hydrogen-bond acceptors (Lipinski definition) is 4. The minimum Gasteiger partial charge on any atom is -0.493 e. The number of aliphatic imine (C=N–C) groups is 1. The first-order valence-electron chi connectivity index (χ1n) is 9.07. The first-order valence-corrected chi connectivity index (χ1v) is 9.88. The summed E-state index contributed by atoms with van der Waals surface area (Å²) in [7, 11) is 1.79. The number of nitrogens with one attached hydrogen (secondary N) is 2. The van der Waals surface area contributed by atoms with Crippen LogP contribution in [-0.2, 0) is 13.0 Å². The lowest BCUT2D eigenvalue weighted by Crippen LogP contribution is -2.37. The van der Waals surface area contributed by atoms with Crippen molar-refractivity contribution in [3.63, 3.8) is 0 Å². The van der Waals surface area contributed by atoms with Gasteiger partial charge in [0.2, 0.25) is 0 Å². The van der Waals surface area contributed by atoms with E-state index in [4.69, 9.17) is 4.74 Å². The zero-order valence-corrected chi connectivity index (χ0v) is 17.2. The fourth-order valence-electron chi connectivity index (χ4n) is 2.31. The topological polar surface area (TPSA) is 58.5 Å². The Hall–Kier alpha value is -2.08. The van der Waals surface area contributed by atoms with Crippen LogP contribution in [0.25, 0.3) is 0 Å². The molecule has 0 saturated carbocycles. The van der Waals surface area contributed by atoms with Gasteiger partial charge in [0.15, 0.2) is 5.96 Å². The summed E-state index contributed by atoms with van der Waals surface area (Å²) in [6.45, 7) is 10.7. The summed E-state index contributed by atoms with van der Waals surface area (Å²) < 4.78 is 5.71. The Kier molecular flexibility index (Phi) is 7.91. The Balaban J connectivity index is 1.74. The Labute approximate surface area is 160 Å². The molecule has 1 heterocycles. The van der Waals surface area contributed by atoms with Crippen LogP contribution in [0, 0.1) is 19.8 Å². The normalized spacial score (nSPS) is 11.7. The van der Waals surface area contributed by atoms with Gasteiger partial charge in [-0.15, -0.1) is 11.3 Å². The summed E-state index contributed by atoms with van der Waals surface area (Å²) in [6.07, 6.45) is 0.905. The Morgan fingerprint density at radius 3 is 2.50 bits per heavy atom. The van der Waals surface area contributed by atoms with Gasteiger partial charge in [-0.25, -0.2) is 4.98 Å². The van der Waals surface area contributed by atoms with Crippen molar-refractivity contribution >= 4 is 17.3 Å². The van der Waals surface area contributed by atoms with E-state index in [2.05, 4.69) is 60.4 Å². The van der Waals surface area contributed by atoms with Gasteiger partial charge in [-0.1, -0.05) is 26.0 Å². The van der Waals surface area contributed by atoms with Crippen LogP contribution in [0.3, 0.4) is 0 Å². The highest BCUT2D eigenvalue weighted by molar-refractivity contribution is 7.11. The summed E-state index contributed by atoms with van der Waals surface area (Å²) in [5.41, 5.74) is 2.32. The second kappa shape index (κ2) is 10.2. The molecule has 142 valence electrons. The van der Waals surface area contributed by atoms with E-state index in [1.165, 1.54) is 15.4 Å². The van der Waals surface area contributed by atoms with Gasteiger partial charge in [0.25, 0.3) is 0 Å². The second-order valence-corrected chi connectivity index (χ2v) is 7.99. The van der Waals surface area contributed by atoms with Crippen LogP contribution in [0.2, 0.25) is 0 Å². The lowest BCUT2D eigenvalue weighted by atomic mass is 10.2. The van der Waals surface area contributed by atoms with Gasteiger partial charge >= 0.3 is 0 Å². The number of ether oxygens (including phenoxy) is 1. The van der Waals surface area contributed by atoms with Gasteiger partial charge in [-0.2, -0.15) is 0 Å². The minimum atomic E-state index is 0.531. The molecule has 5 nitrogen and oxygen atoms in total. The van der Waals surface area contributed by atoms with E-state index in [0.29, 0.717) is 5.92 Å². The van der Waals surface area contributed by atoms with E-state index in [9.17, 15) is 0 Å². The number of rotatable bonds is 8. The van der Waals surface area contributed by atoms with E-state index in [1.807, 2.05) is 12.1 Å². The van der Waals surface area contributed by atoms with Crippen molar-refractivity contribution < 1.29 is 4.74 Å². The smallest absolute Gasteiger partial charge is 0.191 e. The quantitative estimate of drug-likeness (QED) is 0.546. The van der Waals surface area contributed by atoms with Crippen LogP contribution in [0.4, 0.5) is 0 Å². The average molecular weight is 375 g/mol. The van der Waals surface area contributed by atoms with Crippen LogP contribution in [0.5, 0.6) is 5.75 Å². The molecule has 0 aliphatic carbocycles. The number of aryl methyl sites for hydroxylation is 2. The summed E-state index contributed by atoms with van der Waals surface area (Å²) in [6, 6.07) is 8.19. The zero-order valence-electron chi connectivity index (χ0n) is 16.4. The molecular weight excluding hydrogens is 344 g/mol. The van der Waals surface area contributed by atoms with Crippen molar-refractivity contribution in [1.82, 2.24) is 15.6 Å². The molecule has 2 rings (SSSR count). The zero-order chi connectivity index (χ0) is 18.9. The number of benzene rings is 1. The molecule has 1 aromatic heterocycles. The van der Waals surface area contributed by atoms with Crippen LogP contribution < -0.4 is 15.4 Å². The van der Waals surface area contributed by atoms with Crippen LogP contribution >= 0.6 is 11.3 Å². The fraction of sp³-hybridized carbons (Fsp3) is 0.500. The molecule has 0 aliphatic rings. The fourth-order valence-corrected chi connectivity index (χ4v) is 3.24. The number of nitrogens with zero attached hydrogens (tertiary/aromatic N) is 2. The van der Waals surface area contributed by atoms with E-state index in [-0.39, 0.29) is 0 Å². The number of aromatic nitrogens is 1. The standard InChI is InChI=1S/C20H30N4OS/c1-14(2)13-25-18-8-6-17(7-9-18)12-23-20(21-5)22-11-10-19-24-15(3)16(4)26-19/h6-9,14H,10-13H2,1-5H3,(H2,21,22,23). The highest BCUT2D eigenvalue weighted by atomic mass is 32.1. The lowest BCUT2D eigenvalue weighted by Gasteiger charge is -2.12. The molecule has 2 N–H and O–H groups in total. The Morgan fingerprint density at radius 1 is 1.19 bits per heavy atom. The Bertz CT molecular complexity index is 688. The summed E-state index contributed by atoms with van der Waals surface area (Å²) >= 11 is 1.77. The second-order valence-electron chi connectivity index (χ2n) is 6.70. The highest BCUT2D eigenvalue weighted by Gasteiger charge is 2.04. The molecule has 0 aliphatic heterocycles. The third-order valence-electron chi connectivity index (χ3n) is 3.89. The van der Waals surface area contributed by atoms with Crippen molar-refractivity contribution in [2.75, 3.05) is 20.2 Å². The maximum atomic E-state index is 5.71. The van der Waals surface area contributed by atoms with Crippen molar-refractivity contribution in [3.05, 3.63) is 45.4 Å². The van der Waals surface area contributed by atoms with Gasteiger partial charge in [0.1, 0.15) is 5.75 Å². The van der Waals surface area contributed by atoms with E-state index < -0.39 is 0 Å². The Morgan fingerprint density at radius 2 is 1.92 bits per heavy atom. The molecule has 0 amide bonds. The number of thiazole rings is 1. The monoisotopic (exact) mass is 374 g/mol. The molecule has 0 fully saturated rings. The van der Waals surface area contributed by atoms with Gasteiger partial charge < -0.3 is 15.4 Å². The van der Waals surface area contributed by atoms with Gasteiger partial charge in [-0.3, -0.25) is 4.99 Å². The van der Waals surface area contributed by atoms with Crippen LogP contribution in [-0.4, -0.2) is 31.1 Å². The first-order chi connectivity index (χ1) is 12.5. The summed E-state index contributed by atoms with van der Waals surface area (Å²) in [5, 5.41) is 7.85. The molecule has 0 unspecified atom stereocenters. The molecule has 0 bridgehead atoms. The van der Waals surface area contributed by atoms with Gasteiger partial charge in [-0.05, 0) is 37.5 Å². The molecule has 26 heavy (non-hydrogen) atoms. The molecule has 0 atom stereocenters. The van der Waals surface area contributed by atoms with Gasteiger partial charge in [0, 0.05) is 31.4 Å². The van der Waals surface area contributed by atoms with E-state index >= 15 is 0 Å². The predicted molar refractivity (Wildman–Crippen MR) is 110 cm³/mol. The van der Waals surface area contributed by atoms with E-state index in [1.54, 1.807) is 18.4 Å². The summed E-state index contributed by atoms with van der Waals surface area (Å²) in [4.78, 5) is 10.1. The maximum Gasteiger partial charge on any atom is 0.191 e. The SMILES string of the molecule is CN=C(NCCc1nc(C)c(C)s1)NCc1ccc(OCC(C)C)cc1. The molecular formula is C20H30N4OS. The maximum absolute atomic E-state index is 5.71. The number of guanidine groups is 1. The molecule has 0 spiro atoms. The van der Waals surface area contributed by atoms with Gasteiger partial charge in [0.05, 0.1) is 17.3 Å². The number of hydrogen-bond donors (Lipinski definition) is 2. The largest absolute Gasteiger partial charge is 0.493 e. The van der Waals surface area contributed by atoms with Crippen molar-refractivity contribution in [1.29, 1.82) is 0 Å².